The predicted molar refractivity (Wildman–Crippen MR) is 104 cm³/mol. The molecule has 1 aromatic heterocycles. The average molecular weight is 379 g/mol. The molecule has 134 valence electrons. The second-order valence-electron chi connectivity index (χ2n) is 5.56. The number of aromatic amines is 1. The molecule has 6 nitrogen and oxygen atoms in total. The Morgan fingerprint density at radius 1 is 1.22 bits per heavy atom. The number of amides is 1. The Bertz CT molecular complexity index is 1020. The topological polar surface area (TPSA) is 90.8 Å². The highest BCUT2D eigenvalue weighted by molar-refractivity contribution is 6.30. The minimum atomic E-state index is -0.512. The lowest BCUT2D eigenvalue weighted by atomic mass is 10.1. The highest BCUT2D eigenvalue weighted by Crippen LogP contribution is 2.25. The van der Waals surface area contributed by atoms with E-state index in [1.807, 2.05) is 30.3 Å². The monoisotopic (exact) mass is 378 g/mol. The molecule has 27 heavy (non-hydrogen) atoms. The molecule has 2 N–H and O–H groups in total. The van der Waals surface area contributed by atoms with Gasteiger partial charge in [-0.3, -0.25) is 9.89 Å². The van der Waals surface area contributed by atoms with Gasteiger partial charge in [0.15, 0.2) is 0 Å². The van der Waals surface area contributed by atoms with Crippen molar-refractivity contribution >= 4 is 29.3 Å². The number of aromatic nitrogens is 2. The molecule has 0 spiro atoms. The fourth-order valence-corrected chi connectivity index (χ4v) is 2.56. The zero-order valence-electron chi connectivity index (χ0n) is 14.4. The summed E-state index contributed by atoms with van der Waals surface area (Å²) in [6, 6.07) is 15.9. The molecule has 3 rings (SSSR count). The number of anilines is 1. The molecule has 0 aliphatic rings. The first-order valence-electron chi connectivity index (χ1n) is 7.97. The minimum absolute atomic E-state index is 0.0406. The van der Waals surface area contributed by atoms with Gasteiger partial charge in [-0.1, -0.05) is 11.6 Å². The minimum Gasteiger partial charge on any atom is -0.497 e. The summed E-state index contributed by atoms with van der Waals surface area (Å²) < 4.78 is 5.15. The van der Waals surface area contributed by atoms with Crippen LogP contribution in [0.2, 0.25) is 5.02 Å². The van der Waals surface area contributed by atoms with Gasteiger partial charge in [0.1, 0.15) is 17.4 Å². The van der Waals surface area contributed by atoms with Gasteiger partial charge in [0.25, 0.3) is 5.91 Å². The molecule has 7 heteroatoms. The van der Waals surface area contributed by atoms with Crippen molar-refractivity contribution in [3.05, 3.63) is 70.9 Å². The molecule has 1 amide bonds. The van der Waals surface area contributed by atoms with Crippen LogP contribution in [-0.2, 0) is 4.79 Å². The van der Waals surface area contributed by atoms with Crippen molar-refractivity contribution in [3.63, 3.8) is 0 Å². The quantitative estimate of drug-likeness (QED) is 0.512. The Morgan fingerprint density at radius 3 is 2.56 bits per heavy atom. The van der Waals surface area contributed by atoms with E-state index in [1.165, 1.54) is 6.08 Å². The highest BCUT2D eigenvalue weighted by Gasteiger charge is 2.13. The molecule has 1 heterocycles. The average Bonchev–Trinajstić information content (AvgIpc) is 3.16. The van der Waals surface area contributed by atoms with Crippen LogP contribution in [0.1, 0.15) is 5.56 Å². The number of benzene rings is 2. The van der Waals surface area contributed by atoms with Crippen LogP contribution < -0.4 is 10.1 Å². The number of hydrogen-bond donors (Lipinski definition) is 2. The van der Waals surface area contributed by atoms with Gasteiger partial charge >= 0.3 is 0 Å². The molecule has 0 unspecified atom stereocenters. The van der Waals surface area contributed by atoms with Crippen LogP contribution in [0.5, 0.6) is 5.75 Å². The lowest BCUT2D eigenvalue weighted by Crippen LogP contribution is -2.13. The van der Waals surface area contributed by atoms with E-state index in [9.17, 15) is 10.1 Å². The highest BCUT2D eigenvalue weighted by atomic mass is 35.5. The third-order valence-electron chi connectivity index (χ3n) is 3.81. The molecule has 0 saturated heterocycles. The Morgan fingerprint density at radius 2 is 1.93 bits per heavy atom. The number of H-pyrrole nitrogens is 1. The molecule has 0 atom stereocenters. The van der Waals surface area contributed by atoms with Crippen molar-refractivity contribution < 1.29 is 9.53 Å². The number of rotatable bonds is 5. The zero-order valence-corrected chi connectivity index (χ0v) is 15.1. The van der Waals surface area contributed by atoms with E-state index >= 15 is 0 Å². The van der Waals surface area contributed by atoms with Crippen molar-refractivity contribution in [3.8, 4) is 23.1 Å². The van der Waals surface area contributed by atoms with E-state index in [4.69, 9.17) is 16.3 Å². The SMILES string of the molecule is COc1ccc(-c2[nH]ncc2/C=C(\C#N)C(=O)Nc2ccc(Cl)cc2)cc1. The largest absolute Gasteiger partial charge is 0.497 e. The number of methoxy groups -OCH3 is 1. The Hall–Kier alpha value is -3.56. The maximum absolute atomic E-state index is 12.4. The van der Waals surface area contributed by atoms with Crippen molar-refractivity contribution in [1.82, 2.24) is 10.2 Å². The van der Waals surface area contributed by atoms with Gasteiger partial charge in [-0.25, -0.2) is 0 Å². The Labute approximate surface area is 161 Å². The van der Waals surface area contributed by atoms with Gasteiger partial charge in [-0.05, 0) is 54.6 Å². The van der Waals surface area contributed by atoms with Crippen molar-refractivity contribution in [2.24, 2.45) is 0 Å². The number of carbonyl (C=O) groups is 1. The van der Waals surface area contributed by atoms with Crippen LogP contribution in [-0.4, -0.2) is 23.2 Å². The first-order chi connectivity index (χ1) is 13.1. The number of nitriles is 1. The smallest absolute Gasteiger partial charge is 0.266 e. The number of nitrogens with one attached hydrogen (secondary N) is 2. The fraction of sp³-hybridized carbons (Fsp3) is 0.0500. The normalized spacial score (nSPS) is 10.9. The first-order valence-corrected chi connectivity index (χ1v) is 8.35. The molecular weight excluding hydrogens is 364 g/mol. The molecule has 0 radical (unpaired) electrons. The van der Waals surface area contributed by atoms with Crippen molar-refractivity contribution in [2.45, 2.75) is 0 Å². The third-order valence-corrected chi connectivity index (χ3v) is 4.07. The van der Waals surface area contributed by atoms with Crippen LogP contribution >= 0.6 is 11.6 Å². The number of halogens is 1. The summed E-state index contributed by atoms with van der Waals surface area (Å²) >= 11 is 5.83. The van der Waals surface area contributed by atoms with E-state index in [0.29, 0.717) is 22.0 Å². The predicted octanol–water partition coefficient (Wildman–Crippen LogP) is 4.28. The summed E-state index contributed by atoms with van der Waals surface area (Å²) in [5.41, 5.74) is 2.69. The first kappa shape index (κ1) is 18.2. The second kappa shape index (κ2) is 8.21. The summed E-state index contributed by atoms with van der Waals surface area (Å²) in [4.78, 5) is 12.4. The molecule has 0 saturated carbocycles. The standard InChI is InChI=1S/C20H15ClN4O2/c1-27-18-8-2-13(3-9-18)19-15(12-23-25-19)10-14(11-22)20(26)24-17-6-4-16(21)5-7-17/h2-10,12H,1H3,(H,23,25)(H,24,26)/b14-10+. The van der Waals surface area contributed by atoms with Crippen LogP contribution in [0, 0.1) is 11.3 Å². The Balaban J connectivity index is 1.85. The van der Waals surface area contributed by atoms with Gasteiger partial charge in [-0.2, -0.15) is 10.4 Å². The van der Waals surface area contributed by atoms with Crippen LogP contribution in [0.3, 0.4) is 0 Å². The summed E-state index contributed by atoms with van der Waals surface area (Å²) in [7, 11) is 1.60. The number of hydrogen-bond acceptors (Lipinski definition) is 4. The van der Waals surface area contributed by atoms with E-state index < -0.39 is 5.91 Å². The fourth-order valence-electron chi connectivity index (χ4n) is 2.43. The molecule has 0 aliphatic heterocycles. The molecule has 2 aromatic carbocycles. The summed E-state index contributed by atoms with van der Waals surface area (Å²) in [5.74, 6) is 0.220. The molecule has 0 bridgehead atoms. The van der Waals surface area contributed by atoms with Crippen LogP contribution in [0.4, 0.5) is 5.69 Å². The van der Waals surface area contributed by atoms with Gasteiger partial charge in [0.05, 0.1) is 19.0 Å². The van der Waals surface area contributed by atoms with Crippen LogP contribution in [0.15, 0.2) is 60.3 Å². The second-order valence-corrected chi connectivity index (χ2v) is 6.00. The van der Waals surface area contributed by atoms with Gasteiger partial charge in [-0.15, -0.1) is 0 Å². The molecule has 3 aromatic rings. The lowest BCUT2D eigenvalue weighted by Gasteiger charge is -2.05. The van der Waals surface area contributed by atoms with Crippen molar-refractivity contribution in [2.75, 3.05) is 12.4 Å². The number of carbonyl (C=O) groups excluding carboxylic acids is 1. The summed E-state index contributed by atoms with van der Waals surface area (Å²) in [6.45, 7) is 0. The molecule has 0 fully saturated rings. The maximum Gasteiger partial charge on any atom is 0.266 e. The van der Waals surface area contributed by atoms with E-state index in [1.54, 1.807) is 37.6 Å². The third kappa shape index (κ3) is 4.35. The lowest BCUT2D eigenvalue weighted by molar-refractivity contribution is -0.112. The zero-order chi connectivity index (χ0) is 19.2. The van der Waals surface area contributed by atoms with Gasteiger partial charge in [0.2, 0.25) is 0 Å². The molecule has 0 aliphatic carbocycles. The maximum atomic E-state index is 12.4. The van der Waals surface area contributed by atoms with E-state index in [2.05, 4.69) is 15.5 Å². The Kier molecular flexibility index (Phi) is 5.55. The van der Waals surface area contributed by atoms with Gasteiger partial charge < -0.3 is 10.1 Å². The summed E-state index contributed by atoms with van der Waals surface area (Å²) in [5, 5.41) is 19.6. The number of nitrogens with zero attached hydrogens (tertiary/aromatic N) is 2. The summed E-state index contributed by atoms with van der Waals surface area (Å²) in [6.07, 6.45) is 3.06. The van der Waals surface area contributed by atoms with E-state index in [-0.39, 0.29) is 5.57 Å². The molecular formula is C20H15ClN4O2. The van der Waals surface area contributed by atoms with Crippen LogP contribution in [0.25, 0.3) is 17.3 Å². The van der Waals surface area contributed by atoms with E-state index in [0.717, 1.165) is 11.3 Å². The number of ether oxygens (including phenoxy) is 1. The van der Waals surface area contributed by atoms with Crippen molar-refractivity contribution in [1.29, 1.82) is 5.26 Å². The van der Waals surface area contributed by atoms with Gasteiger partial charge in [0, 0.05) is 21.8 Å².